The van der Waals surface area contributed by atoms with Crippen molar-refractivity contribution >= 4 is 11.8 Å². The maximum absolute atomic E-state index is 10.6. The summed E-state index contributed by atoms with van der Waals surface area (Å²) in [7, 11) is 0. The summed E-state index contributed by atoms with van der Waals surface area (Å²) in [5.74, 6) is -1.29. The van der Waals surface area contributed by atoms with E-state index in [1.54, 1.807) is 0 Å². The second-order valence-corrected chi connectivity index (χ2v) is 2.56. The number of carbonyl (C=O) groups is 2. The van der Waals surface area contributed by atoms with Crippen LogP contribution in [0.1, 0.15) is 26.2 Å². The summed E-state index contributed by atoms with van der Waals surface area (Å²) in [6.07, 6.45) is 1.54. The number of carbonyl (C=O) groups excluding carboxylic acids is 2. The molecule has 2 amide bonds. The van der Waals surface area contributed by atoms with Gasteiger partial charge in [0.1, 0.15) is 0 Å². The molecule has 0 aromatic rings. The van der Waals surface area contributed by atoms with Crippen LogP contribution in [-0.2, 0) is 9.59 Å². The molecule has 0 radical (unpaired) electrons. The molecule has 1 atom stereocenters. The highest BCUT2D eigenvalue weighted by Gasteiger charge is 2.16. The third-order valence-corrected chi connectivity index (χ3v) is 1.49. The molecule has 0 bridgehead atoms. The van der Waals surface area contributed by atoms with Gasteiger partial charge in [0, 0.05) is 12.3 Å². The van der Waals surface area contributed by atoms with E-state index in [4.69, 9.17) is 11.5 Å². The van der Waals surface area contributed by atoms with Crippen molar-refractivity contribution in [3.63, 3.8) is 0 Å². The standard InChI is InChI=1S/C7H14N2O2/c1-2-3-5(7(9)11)4-6(8)10/h5H,2-4H2,1H3,(H2,8,10)(H2,9,11). The van der Waals surface area contributed by atoms with Crippen LogP contribution in [0.2, 0.25) is 0 Å². The second kappa shape index (κ2) is 4.71. The van der Waals surface area contributed by atoms with Crippen molar-refractivity contribution in [3.05, 3.63) is 0 Å². The van der Waals surface area contributed by atoms with Crippen molar-refractivity contribution in [2.45, 2.75) is 26.2 Å². The van der Waals surface area contributed by atoms with E-state index in [-0.39, 0.29) is 12.3 Å². The average molecular weight is 158 g/mol. The number of rotatable bonds is 5. The van der Waals surface area contributed by atoms with Crippen LogP contribution >= 0.6 is 0 Å². The molecule has 0 aliphatic carbocycles. The monoisotopic (exact) mass is 158 g/mol. The summed E-state index contributed by atoms with van der Waals surface area (Å²) in [5.41, 5.74) is 9.94. The van der Waals surface area contributed by atoms with Crippen LogP contribution in [0.15, 0.2) is 0 Å². The highest BCUT2D eigenvalue weighted by molar-refractivity contribution is 5.83. The van der Waals surface area contributed by atoms with E-state index >= 15 is 0 Å². The smallest absolute Gasteiger partial charge is 0.221 e. The number of nitrogens with two attached hydrogens (primary N) is 2. The van der Waals surface area contributed by atoms with E-state index in [1.165, 1.54) is 0 Å². The topological polar surface area (TPSA) is 86.2 Å². The molecular weight excluding hydrogens is 144 g/mol. The Balaban J connectivity index is 3.89. The summed E-state index contributed by atoms with van der Waals surface area (Å²) < 4.78 is 0. The Labute approximate surface area is 65.9 Å². The van der Waals surface area contributed by atoms with Gasteiger partial charge in [-0.25, -0.2) is 0 Å². The summed E-state index contributed by atoms with van der Waals surface area (Å²) in [5, 5.41) is 0. The zero-order valence-corrected chi connectivity index (χ0v) is 6.67. The highest BCUT2D eigenvalue weighted by Crippen LogP contribution is 2.09. The van der Waals surface area contributed by atoms with E-state index in [9.17, 15) is 9.59 Å². The maximum Gasteiger partial charge on any atom is 0.221 e. The third-order valence-electron chi connectivity index (χ3n) is 1.49. The van der Waals surface area contributed by atoms with E-state index in [0.29, 0.717) is 6.42 Å². The Hall–Kier alpha value is -1.06. The SMILES string of the molecule is CCCC(CC(N)=O)C(N)=O. The molecule has 1 unspecified atom stereocenters. The molecule has 64 valence electrons. The van der Waals surface area contributed by atoms with Gasteiger partial charge in [0.25, 0.3) is 0 Å². The van der Waals surface area contributed by atoms with Gasteiger partial charge in [-0.15, -0.1) is 0 Å². The summed E-state index contributed by atoms with van der Waals surface area (Å²) in [6.45, 7) is 1.93. The lowest BCUT2D eigenvalue weighted by Crippen LogP contribution is -2.28. The zero-order chi connectivity index (χ0) is 8.85. The highest BCUT2D eigenvalue weighted by atomic mass is 16.2. The molecule has 0 aromatic carbocycles. The Bertz CT molecular complexity index is 157. The molecule has 0 aromatic heterocycles. The molecule has 0 rings (SSSR count). The van der Waals surface area contributed by atoms with Gasteiger partial charge in [0.05, 0.1) is 0 Å². The quantitative estimate of drug-likeness (QED) is 0.578. The van der Waals surface area contributed by atoms with Crippen molar-refractivity contribution in [2.75, 3.05) is 0 Å². The third kappa shape index (κ3) is 4.36. The van der Waals surface area contributed by atoms with Gasteiger partial charge in [-0.2, -0.15) is 0 Å². The van der Waals surface area contributed by atoms with Gasteiger partial charge >= 0.3 is 0 Å². The molecular formula is C7H14N2O2. The van der Waals surface area contributed by atoms with Crippen LogP contribution in [0, 0.1) is 5.92 Å². The normalized spacial score (nSPS) is 12.5. The van der Waals surface area contributed by atoms with Gasteiger partial charge in [-0.1, -0.05) is 13.3 Å². The zero-order valence-electron chi connectivity index (χ0n) is 6.67. The van der Waals surface area contributed by atoms with E-state index < -0.39 is 11.8 Å². The fourth-order valence-corrected chi connectivity index (χ4v) is 0.936. The predicted molar refractivity (Wildman–Crippen MR) is 41.4 cm³/mol. The Morgan fingerprint density at radius 1 is 1.36 bits per heavy atom. The fourth-order valence-electron chi connectivity index (χ4n) is 0.936. The molecule has 0 saturated heterocycles. The van der Waals surface area contributed by atoms with E-state index in [2.05, 4.69) is 0 Å². The van der Waals surface area contributed by atoms with Crippen LogP contribution in [0.5, 0.6) is 0 Å². The molecule has 0 saturated carbocycles. The molecule has 0 heterocycles. The minimum Gasteiger partial charge on any atom is -0.370 e. The largest absolute Gasteiger partial charge is 0.370 e. The number of amides is 2. The first-order chi connectivity index (χ1) is 5.07. The van der Waals surface area contributed by atoms with Gasteiger partial charge in [0.2, 0.25) is 11.8 Å². The van der Waals surface area contributed by atoms with Gasteiger partial charge in [-0.3, -0.25) is 9.59 Å². The number of primary amides is 2. The minimum atomic E-state index is -0.470. The van der Waals surface area contributed by atoms with E-state index in [1.807, 2.05) is 6.92 Å². The van der Waals surface area contributed by atoms with Crippen LogP contribution in [0.3, 0.4) is 0 Å². The van der Waals surface area contributed by atoms with Crippen LogP contribution in [0.25, 0.3) is 0 Å². The van der Waals surface area contributed by atoms with Crippen molar-refractivity contribution in [1.82, 2.24) is 0 Å². The number of hydrogen-bond acceptors (Lipinski definition) is 2. The second-order valence-electron chi connectivity index (χ2n) is 2.56. The predicted octanol–water partition coefficient (Wildman–Crippen LogP) is -0.237. The lowest BCUT2D eigenvalue weighted by atomic mass is 9.99. The Morgan fingerprint density at radius 2 is 1.91 bits per heavy atom. The molecule has 0 aliphatic heterocycles. The number of hydrogen-bond donors (Lipinski definition) is 2. The molecule has 0 spiro atoms. The average Bonchev–Trinajstić information content (AvgIpc) is 1.86. The van der Waals surface area contributed by atoms with Crippen molar-refractivity contribution in [1.29, 1.82) is 0 Å². The van der Waals surface area contributed by atoms with Crippen LogP contribution in [-0.4, -0.2) is 11.8 Å². The van der Waals surface area contributed by atoms with E-state index in [0.717, 1.165) is 6.42 Å². The van der Waals surface area contributed by atoms with Gasteiger partial charge in [0.15, 0.2) is 0 Å². The van der Waals surface area contributed by atoms with Gasteiger partial charge < -0.3 is 11.5 Å². The lowest BCUT2D eigenvalue weighted by molar-refractivity contribution is -0.127. The summed E-state index contributed by atoms with van der Waals surface area (Å²) in [6, 6.07) is 0. The van der Waals surface area contributed by atoms with Crippen molar-refractivity contribution < 1.29 is 9.59 Å². The van der Waals surface area contributed by atoms with Crippen LogP contribution < -0.4 is 11.5 Å². The van der Waals surface area contributed by atoms with Crippen LogP contribution in [0.4, 0.5) is 0 Å². The first-order valence-corrected chi connectivity index (χ1v) is 3.65. The molecule has 0 aliphatic rings. The minimum absolute atomic E-state index is 0.0726. The fraction of sp³-hybridized carbons (Fsp3) is 0.714. The first kappa shape index (κ1) is 9.94. The first-order valence-electron chi connectivity index (χ1n) is 3.65. The van der Waals surface area contributed by atoms with Gasteiger partial charge in [-0.05, 0) is 6.42 Å². The maximum atomic E-state index is 10.6. The molecule has 4 heteroatoms. The Morgan fingerprint density at radius 3 is 2.18 bits per heavy atom. The molecule has 0 fully saturated rings. The molecule has 4 N–H and O–H groups in total. The summed E-state index contributed by atoms with van der Waals surface area (Å²) in [4.78, 5) is 21.0. The van der Waals surface area contributed by atoms with Crippen molar-refractivity contribution in [2.24, 2.45) is 17.4 Å². The summed E-state index contributed by atoms with van der Waals surface area (Å²) >= 11 is 0. The molecule has 11 heavy (non-hydrogen) atoms. The Kier molecular flexibility index (Phi) is 4.26. The molecule has 4 nitrogen and oxygen atoms in total. The lowest BCUT2D eigenvalue weighted by Gasteiger charge is -2.08. The van der Waals surface area contributed by atoms with Crippen molar-refractivity contribution in [3.8, 4) is 0 Å².